The van der Waals surface area contributed by atoms with Gasteiger partial charge in [-0.3, -0.25) is 9.59 Å². The zero-order chi connectivity index (χ0) is 34.5. The monoisotopic (exact) mass is 676 g/mol. The fourth-order valence-corrected chi connectivity index (χ4v) is 8.61. The van der Waals surface area contributed by atoms with E-state index >= 15 is 0 Å². The smallest absolute Gasteiger partial charge is 0.226 e. The lowest BCUT2D eigenvalue weighted by Gasteiger charge is -2.34. The summed E-state index contributed by atoms with van der Waals surface area (Å²) in [7, 11) is 4.09. The highest BCUT2D eigenvalue weighted by atomic mass is 16.2. The van der Waals surface area contributed by atoms with Gasteiger partial charge in [-0.15, -0.1) is 20.4 Å². The second-order valence-electron chi connectivity index (χ2n) is 14.7. The molecule has 0 bridgehead atoms. The largest absolute Gasteiger partial charge is 0.332 e. The molecule has 2 atom stereocenters. The molecule has 0 radical (unpaired) electrons. The second-order valence-corrected chi connectivity index (χ2v) is 14.7. The Kier molecular flexibility index (Phi) is 10.7. The van der Waals surface area contributed by atoms with Gasteiger partial charge in [0.1, 0.15) is 11.6 Å². The fourth-order valence-electron chi connectivity index (χ4n) is 8.61. The van der Waals surface area contributed by atoms with Crippen molar-refractivity contribution in [3.8, 4) is 0 Å². The van der Waals surface area contributed by atoms with Crippen LogP contribution in [0.1, 0.15) is 111 Å². The van der Waals surface area contributed by atoms with Gasteiger partial charge < -0.3 is 18.9 Å². The molecule has 4 aromatic rings. The molecule has 7 rings (SSSR count). The maximum Gasteiger partial charge on any atom is 0.226 e. The van der Waals surface area contributed by atoms with Crippen molar-refractivity contribution in [1.29, 1.82) is 0 Å². The number of rotatable bonds is 12. The number of benzene rings is 2. The summed E-state index contributed by atoms with van der Waals surface area (Å²) in [5.41, 5.74) is 2.67. The highest BCUT2D eigenvalue weighted by molar-refractivity contribution is 5.82. The summed E-state index contributed by atoms with van der Waals surface area (Å²) < 4.78 is 4.24. The van der Waals surface area contributed by atoms with E-state index in [1.54, 1.807) is 0 Å². The molecule has 3 aliphatic rings. The molecule has 50 heavy (non-hydrogen) atoms. The van der Waals surface area contributed by atoms with E-state index in [2.05, 4.69) is 87.9 Å². The minimum Gasteiger partial charge on any atom is -0.332 e. The van der Waals surface area contributed by atoms with Gasteiger partial charge in [0.2, 0.25) is 11.8 Å². The van der Waals surface area contributed by atoms with Crippen LogP contribution in [-0.4, -0.2) is 64.2 Å². The number of carbonyl (C=O) groups excluding carboxylic acids is 2. The predicted molar refractivity (Wildman–Crippen MR) is 192 cm³/mol. The molecule has 10 heteroatoms. The molecule has 4 heterocycles. The Balaban J connectivity index is 0.914. The number of aromatic nitrogens is 6. The normalized spacial score (nSPS) is 22.4. The Morgan fingerprint density at radius 1 is 0.560 bits per heavy atom. The van der Waals surface area contributed by atoms with Crippen molar-refractivity contribution in [3.63, 3.8) is 0 Å². The molecule has 2 aromatic carbocycles. The van der Waals surface area contributed by atoms with E-state index in [0.29, 0.717) is 0 Å². The Bertz CT molecular complexity index is 1600. The Labute approximate surface area is 296 Å². The average Bonchev–Trinajstić information content (AvgIpc) is 3.97. The quantitative estimate of drug-likeness (QED) is 0.179. The van der Waals surface area contributed by atoms with Gasteiger partial charge in [0.15, 0.2) is 11.6 Å². The minimum atomic E-state index is -0.0372. The van der Waals surface area contributed by atoms with Gasteiger partial charge in [-0.1, -0.05) is 60.7 Å². The zero-order valence-corrected chi connectivity index (χ0v) is 29.8. The van der Waals surface area contributed by atoms with Crippen molar-refractivity contribution in [2.45, 2.75) is 102 Å². The van der Waals surface area contributed by atoms with Gasteiger partial charge >= 0.3 is 0 Å². The summed E-state index contributed by atoms with van der Waals surface area (Å²) in [5, 5.41) is 18.3. The standard InChI is InChI=1S/C40H52N8O2/c1-45-35(21-9-17-29-13-5-3-6-14-29)41-43-37(45)33-19-11-27-47(33)39(49)31-23-25-32(26-24-31)40(50)48-28-12-20-34(48)38-44-42-36(46(38)2)22-10-18-30-15-7-4-8-16-30/h3-8,13-16,31-34H,9-12,17-28H2,1-2H3/t31?,32?,33-,34-/m0/s1. The van der Waals surface area contributed by atoms with Gasteiger partial charge in [0.05, 0.1) is 12.1 Å². The van der Waals surface area contributed by atoms with Gasteiger partial charge in [0.25, 0.3) is 0 Å². The molecule has 2 aliphatic heterocycles. The van der Waals surface area contributed by atoms with Crippen molar-refractivity contribution in [3.05, 3.63) is 95.1 Å². The lowest BCUT2D eigenvalue weighted by molar-refractivity contribution is -0.142. The molecule has 2 saturated heterocycles. The molecule has 0 spiro atoms. The van der Waals surface area contributed by atoms with Gasteiger partial charge in [-0.25, -0.2) is 0 Å². The fraction of sp³-hybridized carbons (Fsp3) is 0.550. The SMILES string of the molecule is Cn1c(CCCc2ccccc2)nnc1[C@@H]1CCCN1C(=O)C1CCC(C(=O)N2CCC[C@H]2c2nnc(CCCc3ccccc3)n2C)CC1. The molecule has 2 amide bonds. The molecule has 0 unspecified atom stereocenters. The topological polar surface area (TPSA) is 102 Å². The number of hydrogen-bond donors (Lipinski definition) is 0. The maximum absolute atomic E-state index is 14.0. The van der Waals surface area contributed by atoms with Crippen LogP contribution in [0.15, 0.2) is 60.7 Å². The Morgan fingerprint density at radius 3 is 1.36 bits per heavy atom. The number of aryl methyl sites for hydroxylation is 4. The molecule has 0 N–H and O–H groups in total. The molecule has 3 fully saturated rings. The first-order chi connectivity index (χ1) is 24.5. The molecular weight excluding hydrogens is 624 g/mol. The number of amides is 2. The van der Waals surface area contributed by atoms with E-state index in [-0.39, 0.29) is 35.7 Å². The van der Waals surface area contributed by atoms with Crippen LogP contribution in [0.4, 0.5) is 0 Å². The summed E-state index contributed by atoms with van der Waals surface area (Å²) in [6.45, 7) is 1.53. The van der Waals surface area contributed by atoms with Crippen molar-refractivity contribution < 1.29 is 9.59 Å². The Hall–Kier alpha value is -4.34. The van der Waals surface area contributed by atoms with Crippen LogP contribution in [0.2, 0.25) is 0 Å². The van der Waals surface area contributed by atoms with Crippen molar-refractivity contribution >= 4 is 11.8 Å². The number of nitrogens with zero attached hydrogens (tertiary/aromatic N) is 8. The zero-order valence-electron chi connectivity index (χ0n) is 29.8. The van der Waals surface area contributed by atoms with Gasteiger partial charge in [0, 0.05) is 51.9 Å². The predicted octanol–water partition coefficient (Wildman–Crippen LogP) is 6.13. The van der Waals surface area contributed by atoms with Gasteiger partial charge in [-0.05, 0) is 88.2 Å². The van der Waals surface area contributed by atoms with Crippen LogP contribution in [0.25, 0.3) is 0 Å². The first kappa shape index (κ1) is 34.1. The van der Waals surface area contributed by atoms with Crippen LogP contribution < -0.4 is 0 Å². The lowest BCUT2D eigenvalue weighted by Crippen LogP contribution is -2.41. The summed E-state index contributed by atoms with van der Waals surface area (Å²) in [6, 6.07) is 21.1. The minimum absolute atomic E-state index is 0.0257. The van der Waals surface area contributed by atoms with E-state index in [1.165, 1.54) is 11.1 Å². The third-order valence-corrected chi connectivity index (χ3v) is 11.5. The highest BCUT2D eigenvalue weighted by Crippen LogP contribution is 2.39. The molecule has 1 aliphatic carbocycles. The third kappa shape index (κ3) is 7.39. The van der Waals surface area contributed by atoms with E-state index < -0.39 is 0 Å². The lowest BCUT2D eigenvalue weighted by atomic mass is 9.80. The number of hydrogen-bond acceptors (Lipinski definition) is 6. The van der Waals surface area contributed by atoms with Gasteiger partial charge in [-0.2, -0.15) is 0 Å². The molecule has 2 aromatic heterocycles. The van der Waals surface area contributed by atoms with E-state index in [4.69, 9.17) is 0 Å². The summed E-state index contributed by atoms with van der Waals surface area (Å²) in [5.74, 6) is 4.14. The second kappa shape index (κ2) is 15.7. The molecule has 10 nitrogen and oxygen atoms in total. The highest BCUT2D eigenvalue weighted by Gasteiger charge is 2.41. The van der Waals surface area contributed by atoms with Crippen LogP contribution in [-0.2, 0) is 49.4 Å². The number of carbonyl (C=O) groups is 2. The Morgan fingerprint density at radius 2 is 0.960 bits per heavy atom. The van der Waals surface area contributed by atoms with Crippen molar-refractivity contribution in [1.82, 2.24) is 39.3 Å². The first-order valence-electron chi connectivity index (χ1n) is 18.9. The summed E-state index contributed by atoms with van der Waals surface area (Å²) >= 11 is 0. The van der Waals surface area contributed by atoms with E-state index in [9.17, 15) is 9.59 Å². The van der Waals surface area contributed by atoms with E-state index in [1.807, 2.05) is 26.2 Å². The third-order valence-electron chi connectivity index (χ3n) is 11.5. The van der Waals surface area contributed by atoms with Crippen molar-refractivity contribution in [2.75, 3.05) is 13.1 Å². The molecule has 264 valence electrons. The first-order valence-corrected chi connectivity index (χ1v) is 18.9. The average molecular weight is 677 g/mol. The van der Waals surface area contributed by atoms with E-state index in [0.717, 1.165) is 126 Å². The maximum atomic E-state index is 14.0. The number of likely N-dealkylation sites (tertiary alicyclic amines) is 2. The summed E-state index contributed by atoms with van der Waals surface area (Å²) in [4.78, 5) is 32.0. The van der Waals surface area contributed by atoms with Crippen LogP contribution in [0.5, 0.6) is 0 Å². The van der Waals surface area contributed by atoms with Crippen LogP contribution in [0.3, 0.4) is 0 Å². The van der Waals surface area contributed by atoms with Crippen LogP contribution >= 0.6 is 0 Å². The van der Waals surface area contributed by atoms with Crippen molar-refractivity contribution in [2.24, 2.45) is 25.9 Å². The molecular formula is C40H52N8O2. The van der Waals surface area contributed by atoms with Crippen LogP contribution in [0, 0.1) is 11.8 Å². The molecule has 1 saturated carbocycles. The summed E-state index contributed by atoms with van der Waals surface area (Å²) in [6.07, 6.45) is 12.6.